The van der Waals surface area contributed by atoms with Crippen molar-refractivity contribution in [2.75, 3.05) is 31.7 Å². The number of thiazole rings is 1. The monoisotopic (exact) mass is 295 g/mol. The summed E-state index contributed by atoms with van der Waals surface area (Å²) in [5.41, 5.74) is 0.214. The number of nitrogens with zero attached hydrogens (tertiary/aromatic N) is 3. The predicted molar refractivity (Wildman–Crippen MR) is 76.8 cm³/mol. The van der Waals surface area contributed by atoms with Crippen molar-refractivity contribution in [2.45, 2.75) is 12.8 Å². The fourth-order valence-corrected chi connectivity index (χ4v) is 2.79. The highest BCUT2D eigenvalue weighted by Gasteiger charge is 2.23. The molecule has 1 N–H and O–H groups in total. The quantitative estimate of drug-likeness (QED) is 0.791. The SMILES string of the molecule is CN(CCOCC1CC1)c1nc2sccn2c1C(=O)O. The Kier molecular flexibility index (Phi) is 3.62. The number of ether oxygens (including phenoxy) is 1. The fraction of sp³-hybridized carbons (Fsp3) is 0.538. The Morgan fingerprint density at radius 1 is 1.65 bits per heavy atom. The molecule has 1 aliphatic carbocycles. The van der Waals surface area contributed by atoms with Gasteiger partial charge in [-0.15, -0.1) is 11.3 Å². The molecule has 0 bridgehead atoms. The number of likely N-dealkylation sites (N-methyl/N-ethyl adjacent to an activating group) is 1. The lowest BCUT2D eigenvalue weighted by atomic mass is 10.4. The molecular formula is C13H17N3O3S. The van der Waals surface area contributed by atoms with E-state index in [9.17, 15) is 9.90 Å². The van der Waals surface area contributed by atoms with Crippen LogP contribution in [0.25, 0.3) is 4.96 Å². The van der Waals surface area contributed by atoms with Gasteiger partial charge in [-0.3, -0.25) is 4.40 Å². The van der Waals surface area contributed by atoms with Crippen molar-refractivity contribution >= 4 is 28.1 Å². The molecule has 108 valence electrons. The molecule has 0 amide bonds. The Labute approximate surface area is 120 Å². The van der Waals surface area contributed by atoms with E-state index < -0.39 is 5.97 Å². The molecule has 1 fully saturated rings. The Morgan fingerprint density at radius 3 is 3.15 bits per heavy atom. The van der Waals surface area contributed by atoms with Crippen molar-refractivity contribution in [3.8, 4) is 0 Å². The van der Waals surface area contributed by atoms with Gasteiger partial charge in [0, 0.05) is 31.8 Å². The van der Waals surface area contributed by atoms with Crippen LogP contribution in [0.2, 0.25) is 0 Å². The number of carboxylic acid groups (broad SMARTS) is 1. The zero-order valence-electron chi connectivity index (χ0n) is 11.3. The first kappa shape index (κ1) is 13.4. The third-order valence-electron chi connectivity index (χ3n) is 3.43. The first-order valence-electron chi connectivity index (χ1n) is 6.64. The topological polar surface area (TPSA) is 67.1 Å². The number of carbonyl (C=O) groups is 1. The number of anilines is 1. The Bertz CT molecular complexity index is 617. The average molecular weight is 295 g/mol. The number of fused-ring (bicyclic) bond motifs is 1. The summed E-state index contributed by atoms with van der Waals surface area (Å²) >= 11 is 1.43. The Morgan fingerprint density at radius 2 is 2.45 bits per heavy atom. The molecule has 1 aliphatic rings. The third kappa shape index (κ3) is 2.64. The summed E-state index contributed by atoms with van der Waals surface area (Å²) in [4.78, 5) is 18.3. The normalized spacial score (nSPS) is 14.8. The average Bonchev–Trinajstić information content (AvgIpc) is 2.98. The summed E-state index contributed by atoms with van der Waals surface area (Å²) in [6.07, 6.45) is 4.28. The molecule has 7 heteroatoms. The maximum absolute atomic E-state index is 11.4. The van der Waals surface area contributed by atoms with Gasteiger partial charge in [0.05, 0.1) is 6.61 Å². The molecule has 2 aromatic heterocycles. The molecule has 0 aromatic carbocycles. The predicted octanol–water partition coefficient (Wildman–Crippen LogP) is 1.96. The van der Waals surface area contributed by atoms with Crippen LogP contribution in [0, 0.1) is 5.92 Å². The van der Waals surface area contributed by atoms with Gasteiger partial charge in [-0.2, -0.15) is 0 Å². The first-order chi connectivity index (χ1) is 9.66. The molecule has 2 heterocycles. The maximum atomic E-state index is 11.4. The lowest BCUT2D eigenvalue weighted by Crippen LogP contribution is -2.25. The zero-order chi connectivity index (χ0) is 14.1. The van der Waals surface area contributed by atoms with Gasteiger partial charge >= 0.3 is 5.97 Å². The van der Waals surface area contributed by atoms with E-state index in [1.54, 1.807) is 10.6 Å². The molecule has 6 nitrogen and oxygen atoms in total. The van der Waals surface area contributed by atoms with Gasteiger partial charge < -0.3 is 14.7 Å². The molecule has 0 unspecified atom stereocenters. The lowest BCUT2D eigenvalue weighted by molar-refractivity contribution is 0.0690. The van der Waals surface area contributed by atoms with Gasteiger partial charge in [0.15, 0.2) is 16.5 Å². The smallest absolute Gasteiger partial charge is 0.356 e. The Balaban J connectivity index is 1.69. The second kappa shape index (κ2) is 5.41. The van der Waals surface area contributed by atoms with Gasteiger partial charge in [-0.05, 0) is 18.8 Å². The maximum Gasteiger partial charge on any atom is 0.356 e. The van der Waals surface area contributed by atoms with E-state index in [-0.39, 0.29) is 5.69 Å². The highest BCUT2D eigenvalue weighted by atomic mass is 32.1. The second-order valence-corrected chi connectivity index (χ2v) is 5.96. The van der Waals surface area contributed by atoms with Crippen molar-refractivity contribution in [3.63, 3.8) is 0 Å². The number of hydrogen-bond donors (Lipinski definition) is 1. The minimum Gasteiger partial charge on any atom is -0.476 e. The number of imidazole rings is 1. The van der Waals surface area contributed by atoms with Crippen LogP contribution in [0.1, 0.15) is 23.3 Å². The third-order valence-corrected chi connectivity index (χ3v) is 4.19. The van der Waals surface area contributed by atoms with Gasteiger partial charge in [0.25, 0.3) is 0 Å². The van der Waals surface area contributed by atoms with Crippen molar-refractivity contribution < 1.29 is 14.6 Å². The largest absolute Gasteiger partial charge is 0.476 e. The molecule has 0 radical (unpaired) electrons. The van der Waals surface area contributed by atoms with Gasteiger partial charge in [-0.25, -0.2) is 9.78 Å². The van der Waals surface area contributed by atoms with Crippen LogP contribution in [0.5, 0.6) is 0 Å². The van der Waals surface area contributed by atoms with Crippen LogP contribution in [0.15, 0.2) is 11.6 Å². The summed E-state index contributed by atoms with van der Waals surface area (Å²) in [6, 6.07) is 0. The van der Waals surface area contributed by atoms with Crippen molar-refractivity contribution in [2.24, 2.45) is 5.92 Å². The molecule has 0 atom stereocenters. The highest BCUT2D eigenvalue weighted by molar-refractivity contribution is 7.15. The van der Waals surface area contributed by atoms with Crippen LogP contribution in [-0.4, -0.2) is 47.3 Å². The van der Waals surface area contributed by atoms with Crippen LogP contribution in [0.3, 0.4) is 0 Å². The standard InChI is InChI=1S/C13H17N3O3S/c1-15(4-6-19-8-9-2-3-9)11-10(12(17)18)16-5-7-20-13(16)14-11/h5,7,9H,2-4,6,8H2,1H3,(H,17,18). The number of hydrogen-bond acceptors (Lipinski definition) is 5. The molecule has 3 rings (SSSR count). The van der Waals surface area contributed by atoms with E-state index >= 15 is 0 Å². The van der Waals surface area contributed by atoms with E-state index in [4.69, 9.17) is 4.74 Å². The van der Waals surface area contributed by atoms with Crippen LogP contribution in [0.4, 0.5) is 5.82 Å². The van der Waals surface area contributed by atoms with Crippen LogP contribution < -0.4 is 4.90 Å². The van der Waals surface area contributed by atoms with Crippen molar-refractivity contribution in [3.05, 3.63) is 17.3 Å². The highest BCUT2D eigenvalue weighted by Crippen LogP contribution is 2.28. The van der Waals surface area contributed by atoms with E-state index in [0.717, 1.165) is 12.5 Å². The lowest BCUT2D eigenvalue weighted by Gasteiger charge is -2.17. The molecule has 0 spiro atoms. The van der Waals surface area contributed by atoms with Crippen molar-refractivity contribution in [1.82, 2.24) is 9.38 Å². The van der Waals surface area contributed by atoms with E-state index in [1.165, 1.54) is 24.2 Å². The summed E-state index contributed by atoms with van der Waals surface area (Å²) in [6.45, 7) is 2.05. The fourth-order valence-electron chi connectivity index (χ4n) is 2.08. The number of rotatable bonds is 7. The van der Waals surface area contributed by atoms with Gasteiger partial charge in [0.2, 0.25) is 0 Å². The molecular weight excluding hydrogens is 278 g/mol. The number of aromatic carboxylic acids is 1. The van der Waals surface area contributed by atoms with Crippen LogP contribution in [-0.2, 0) is 4.74 Å². The van der Waals surface area contributed by atoms with E-state index in [1.807, 2.05) is 17.3 Å². The molecule has 1 saturated carbocycles. The first-order valence-corrected chi connectivity index (χ1v) is 7.52. The van der Waals surface area contributed by atoms with Crippen molar-refractivity contribution in [1.29, 1.82) is 0 Å². The minimum absolute atomic E-state index is 0.214. The van der Waals surface area contributed by atoms with Gasteiger partial charge in [0.1, 0.15) is 0 Å². The summed E-state index contributed by atoms with van der Waals surface area (Å²) in [5, 5.41) is 11.2. The number of carboxylic acids is 1. The molecule has 20 heavy (non-hydrogen) atoms. The molecule has 0 aliphatic heterocycles. The molecule has 0 saturated heterocycles. The summed E-state index contributed by atoms with van der Waals surface area (Å²) in [5.74, 6) is 0.281. The van der Waals surface area contributed by atoms with E-state index in [2.05, 4.69) is 4.98 Å². The van der Waals surface area contributed by atoms with Crippen LogP contribution >= 0.6 is 11.3 Å². The zero-order valence-corrected chi connectivity index (χ0v) is 12.1. The van der Waals surface area contributed by atoms with E-state index in [0.29, 0.717) is 23.9 Å². The Hall–Kier alpha value is -1.60. The van der Waals surface area contributed by atoms with Gasteiger partial charge in [-0.1, -0.05) is 0 Å². The number of aromatic nitrogens is 2. The summed E-state index contributed by atoms with van der Waals surface area (Å²) < 4.78 is 7.20. The second-order valence-electron chi connectivity index (χ2n) is 5.08. The minimum atomic E-state index is -0.961. The molecule has 2 aromatic rings. The summed E-state index contributed by atoms with van der Waals surface area (Å²) in [7, 11) is 1.85.